The normalized spacial score (nSPS) is 10.4. The summed E-state index contributed by atoms with van der Waals surface area (Å²) in [4.78, 5) is 10.6. The summed E-state index contributed by atoms with van der Waals surface area (Å²) in [5, 5.41) is 0. The van der Waals surface area contributed by atoms with Gasteiger partial charge in [0, 0.05) is 6.08 Å². The monoisotopic (exact) mass is 196 g/mol. The molecule has 0 saturated carbocycles. The lowest BCUT2D eigenvalue weighted by Gasteiger charge is -1.96. The summed E-state index contributed by atoms with van der Waals surface area (Å²) >= 11 is 0. The molecule has 0 unspecified atom stereocenters. The fraction of sp³-hybridized carbons (Fsp3) is 0.583. The van der Waals surface area contributed by atoms with E-state index in [1.54, 1.807) is 0 Å². The van der Waals surface area contributed by atoms with Crippen molar-refractivity contribution in [1.29, 1.82) is 0 Å². The molecule has 0 aliphatic heterocycles. The van der Waals surface area contributed by atoms with Crippen LogP contribution < -0.4 is 0 Å². The second kappa shape index (κ2) is 10.0. The van der Waals surface area contributed by atoms with Crippen molar-refractivity contribution in [2.45, 2.75) is 39.0 Å². The van der Waals surface area contributed by atoms with Crippen molar-refractivity contribution in [2.75, 3.05) is 6.61 Å². The molecule has 0 radical (unpaired) electrons. The molecule has 0 saturated heterocycles. The Kier molecular flexibility index (Phi) is 9.28. The highest BCUT2D eigenvalue weighted by Crippen LogP contribution is 2.02. The van der Waals surface area contributed by atoms with Crippen molar-refractivity contribution in [1.82, 2.24) is 0 Å². The highest BCUT2D eigenvalue weighted by Gasteiger charge is 1.90. The number of carbonyl (C=O) groups is 1. The smallest absolute Gasteiger partial charge is 0.330 e. The topological polar surface area (TPSA) is 26.3 Å². The molecule has 0 aromatic heterocycles. The fourth-order valence-corrected chi connectivity index (χ4v) is 1.06. The van der Waals surface area contributed by atoms with E-state index in [1.807, 2.05) is 6.08 Å². The Bertz CT molecular complexity index is 183. The SMILES string of the molecule is C=CC(=O)OC/C=C/CCCCCC. The predicted molar refractivity (Wildman–Crippen MR) is 59.1 cm³/mol. The van der Waals surface area contributed by atoms with Gasteiger partial charge in [0.1, 0.15) is 6.61 Å². The lowest BCUT2D eigenvalue weighted by Crippen LogP contribution is -1.98. The Labute approximate surface area is 86.6 Å². The first kappa shape index (κ1) is 12.9. The summed E-state index contributed by atoms with van der Waals surface area (Å²) in [6, 6.07) is 0. The maximum absolute atomic E-state index is 10.6. The van der Waals surface area contributed by atoms with E-state index < -0.39 is 0 Å². The van der Waals surface area contributed by atoms with Gasteiger partial charge in [0.05, 0.1) is 0 Å². The highest BCUT2D eigenvalue weighted by atomic mass is 16.5. The molecule has 0 spiro atoms. The van der Waals surface area contributed by atoms with Gasteiger partial charge >= 0.3 is 5.97 Å². The molecule has 0 rings (SSSR count). The van der Waals surface area contributed by atoms with E-state index in [1.165, 1.54) is 31.8 Å². The third kappa shape index (κ3) is 9.04. The number of hydrogen-bond acceptors (Lipinski definition) is 2. The third-order valence-corrected chi connectivity index (χ3v) is 1.88. The van der Waals surface area contributed by atoms with E-state index in [4.69, 9.17) is 4.74 Å². The Morgan fingerprint density at radius 2 is 2.07 bits per heavy atom. The zero-order valence-electron chi connectivity index (χ0n) is 9.00. The van der Waals surface area contributed by atoms with Crippen molar-refractivity contribution >= 4 is 5.97 Å². The first-order valence-corrected chi connectivity index (χ1v) is 5.25. The molecule has 0 fully saturated rings. The highest BCUT2D eigenvalue weighted by molar-refractivity contribution is 5.81. The number of rotatable bonds is 8. The number of ether oxygens (including phenoxy) is 1. The lowest BCUT2D eigenvalue weighted by molar-refractivity contribution is -0.136. The van der Waals surface area contributed by atoms with E-state index in [0.29, 0.717) is 6.61 Å². The van der Waals surface area contributed by atoms with Crippen LogP contribution in [-0.2, 0) is 9.53 Å². The molecule has 0 heterocycles. The van der Waals surface area contributed by atoms with E-state index in [0.717, 1.165) is 6.42 Å². The number of unbranched alkanes of at least 4 members (excludes halogenated alkanes) is 4. The molecule has 14 heavy (non-hydrogen) atoms. The quantitative estimate of drug-likeness (QED) is 0.258. The number of esters is 1. The van der Waals surface area contributed by atoms with Gasteiger partial charge in [-0.1, -0.05) is 44.9 Å². The van der Waals surface area contributed by atoms with Crippen LogP contribution >= 0.6 is 0 Å². The van der Waals surface area contributed by atoms with Gasteiger partial charge in [-0.05, 0) is 12.8 Å². The molecule has 0 aliphatic carbocycles. The third-order valence-electron chi connectivity index (χ3n) is 1.88. The van der Waals surface area contributed by atoms with Crippen molar-refractivity contribution < 1.29 is 9.53 Å². The molecule has 0 bridgehead atoms. The zero-order chi connectivity index (χ0) is 10.6. The van der Waals surface area contributed by atoms with Crippen LogP contribution in [0.3, 0.4) is 0 Å². The summed E-state index contributed by atoms with van der Waals surface area (Å²) in [7, 11) is 0. The minimum absolute atomic E-state index is 0.360. The summed E-state index contributed by atoms with van der Waals surface area (Å²) in [6.07, 6.45) is 11.3. The molecule has 80 valence electrons. The predicted octanol–water partition coefficient (Wildman–Crippen LogP) is 3.24. The lowest BCUT2D eigenvalue weighted by atomic mass is 10.1. The van der Waals surface area contributed by atoms with Crippen LogP contribution in [0.4, 0.5) is 0 Å². The molecule has 0 atom stereocenters. The molecule has 0 N–H and O–H groups in total. The minimum atomic E-state index is -0.361. The molecular formula is C12H20O2. The summed E-state index contributed by atoms with van der Waals surface area (Å²) in [6.45, 7) is 5.87. The second-order valence-electron chi connectivity index (χ2n) is 3.15. The van der Waals surface area contributed by atoms with Crippen molar-refractivity contribution in [3.63, 3.8) is 0 Å². The molecule has 2 nitrogen and oxygen atoms in total. The number of allylic oxidation sites excluding steroid dienone is 1. The van der Waals surface area contributed by atoms with Crippen LogP contribution in [0.15, 0.2) is 24.8 Å². The van der Waals surface area contributed by atoms with E-state index in [2.05, 4.69) is 19.6 Å². The van der Waals surface area contributed by atoms with Crippen LogP contribution in [0.1, 0.15) is 39.0 Å². The van der Waals surface area contributed by atoms with Crippen LogP contribution in [0, 0.1) is 0 Å². The minimum Gasteiger partial charge on any atom is -0.458 e. The molecular weight excluding hydrogens is 176 g/mol. The Hall–Kier alpha value is -1.05. The first-order valence-electron chi connectivity index (χ1n) is 5.25. The van der Waals surface area contributed by atoms with Gasteiger partial charge in [-0.3, -0.25) is 0 Å². The van der Waals surface area contributed by atoms with Gasteiger partial charge in [0.2, 0.25) is 0 Å². The first-order chi connectivity index (χ1) is 6.81. The summed E-state index contributed by atoms with van der Waals surface area (Å²) < 4.78 is 4.78. The number of hydrogen-bond donors (Lipinski definition) is 0. The standard InChI is InChI=1S/C12H20O2/c1-3-5-6-7-8-9-10-11-14-12(13)4-2/h4,9-10H,2-3,5-8,11H2,1H3/b10-9+. The number of carbonyl (C=O) groups excluding carboxylic acids is 1. The Morgan fingerprint density at radius 3 is 2.71 bits per heavy atom. The van der Waals surface area contributed by atoms with Gasteiger partial charge in [-0.25, -0.2) is 4.79 Å². The van der Waals surface area contributed by atoms with Crippen LogP contribution in [0.5, 0.6) is 0 Å². The molecule has 0 aromatic carbocycles. The van der Waals surface area contributed by atoms with Crippen molar-refractivity contribution in [2.24, 2.45) is 0 Å². The van der Waals surface area contributed by atoms with Crippen LogP contribution in [0.25, 0.3) is 0 Å². The molecule has 0 aliphatic rings. The van der Waals surface area contributed by atoms with E-state index in [9.17, 15) is 4.79 Å². The largest absolute Gasteiger partial charge is 0.458 e. The van der Waals surface area contributed by atoms with Crippen LogP contribution in [-0.4, -0.2) is 12.6 Å². The second-order valence-corrected chi connectivity index (χ2v) is 3.15. The van der Waals surface area contributed by atoms with E-state index in [-0.39, 0.29) is 5.97 Å². The summed E-state index contributed by atoms with van der Waals surface area (Å²) in [5.41, 5.74) is 0. The van der Waals surface area contributed by atoms with Gasteiger partial charge in [0.15, 0.2) is 0 Å². The Morgan fingerprint density at radius 1 is 1.29 bits per heavy atom. The van der Waals surface area contributed by atoms with Gasteiger partial charge in [-0.15, -0.1) is 0 Å². The van der Waals surface area contributed by atoms with Crippen molar-refractivity contribution in [3.8, 4) is 0 Å². The maximum Gasteiger partial charge on any atom is 0.330 e. The zero-order valence-corrected chi connectivity index (χ0v) is 9.00. The molecule has 2 heteroatoms. The molecule has 0 aromatic rings. The average molecular weight is 196 g/mol. The van der Waals surface area contributed by atoms with Gasteiger partial charge in [0.25, 0.3) is 0 Å². The van der Waals surface area contributed by atoms with E-state index >= 15 is 0 Å². The van der Waals surface area contributed by atoms with Gasteiger partial charge < -0.3 is 4.74 Å². The maximum atomic E-state index is 10.6. The van der Waals surface area contributed by atoms with Gasteiger partial charge in [-0.2, -0.15) is 0 Å². The summed E-state index contributed by atoms with van der Waals surface area (Å²) in [5.74, 6) is -0.361. The fourth-order valence-electron chi connectivity index (χ4n) is 1.06. The average Bonchev–Trinajstić information content (AvgIpc) is 2.21. The van der Waals surface area contributed by atoms with Crippen LogP contribution in [0.2, 0.25) is 0 Å². The van der Waals surface area contributed by atoms with Crippen molar-refractivity contribution in [3.05, 3.63) is 24.8 Å². The Balaban J connectivity index is 3.19. The molecule has 0 amide bonds.